The molecule has 0 aliphatic carbocycles. The Balaban J connectivity index is 2.67. The van der Waals surface area contributed by atoms with Crippen LogP contribution in [0.15, 0.2) is 4.99 Å². The summed E-state index contributed by atoms with van der Waals surface area (Å²) in [7, 11) is 4.27. The minimum atomic E-state index is 0.550. The second kappa shape index (κ2) is 4.67. The van der Waals surface area contributed by atoms with Crippen LogP contribution in [0, 0.1) is 5.92 Å². The predicted molar refractivity (Wildman–Crippen MR) is 61.6 cm³/mol. The summed E-state index contributed by atoms with van der Waals surface area (Å²) < 4.78 is 0. The van der Waals surface area contributed by atoms with Gasteiger partial charge in [-0.15, -0.1) is 0 Å². The van der Waals surface area contributed by atoms with Gasteiger partial charge in [-0.3, -0.25) is 4.99 Å². The molecule has 82 valence electrons. The highest BCUT2D eigenvalue weighted by Crippen LogP contribution is 2.12. The third-order valence-corrected chi connectivity index (χ3v) is 3.14. The van der Waals surface area contributed by atoms with Crippen LogP contribution in [0.1, 0.15) is 27.2 Å². The number of nitrogens with zero attached hydrogens (tertiary/aromatic N) is 3. The van der Waals surface area contributed by atoms with Gasteiger partial charge < -0.3 is 9.80 Å². The topological polar surface area (TPSA) is 18.8 Å². The van der Waals surface area contributed by atoms with Crippen molar-refractivity contribution in [2.45, 2.75) is 33.2 Å². The molecule has 0 saturated carbocycles. The van der Waals surface area contributed by atoms with Crippen molar-refractivity contribution in [2.24, 2.45) is 10.9 Å². The van der Waals surface area contributed by atoms with Gasteiger partial charge in [0.1, 0.15) is 0 Å². The van der Waals surface area contributed by atoms with Gasteiger partial charge in [-0.05, 0) is 19.3 Å². The summed E-state index contributed by atoms with van der Waals surface area (Å²) in [5.74, 6) is 1.82. The van der Waals surface area contributed by atoms with Crippen molar-refractivity contribution in [3.8, 4) is 0 Å². The minimum absolute atomic E-state index is 0.550. The molecular formula is C11H23N3. The van der Waals surface area contributed by atoms with Gasteiger partial charge in [-0.1, -0.05) is 13.8 Å². The molecule has 1 aliphatic rings. The zero-order valence-corrected chi connectivity index (χ0v) is 10.1. The van der Waals surface area contributed by atoms with Gasteiger partial charge in [0.15, 0.2) is 5.96 Å². The Kier molecular flexibility index (Phi) is 3.78. The van der Waals surface area contributed by atoms with Crippen molar-refractivity contribution in [3.63, 3.8) is 0 Å². The molecule has 0 N–H and O–H groups in total. The van der Waals surface area contributed by atoms with E-state index >= 15 is 0 Å². The largest absolute Gasteiger partial charge is 0.346 e. The lowest BCUT2D eigenvalue weighted by molar-refractivity contribution is 0.266. The van der Waals surface area contributed by atoms with Crippen molar-refractivity contribution in [1.82, 2.24) is 9.80 Å². The molecule has 1 atom stereocenters. The molecule has 1 unspecified atom stereocenters. The SMILES string of the molecule is CC(C)C(C)N(C)C1=NCCCN1C. The fourth-order valence-electron chi connectivity index (χ4n) is 1.72. The molecule has 1 aliphatic heterocycles. The van der Waals surface area contributed by atoms with Crippen LogP contribution in [0.3, 0.4) is 0 Å². The molecule has 0 saturated heterocycles. The number of guanidine groups is 1. The molecule has 3 heteroatoms. The minimum Gasteiger partial charge on any atom is -0.346 e. The average molecular weight is 197 g/mol. The van der Waals surface area contributed by atoms with E-state index in [2.05, 4.69) is 49.7 Å². The predicted octanol–water partition coefficient (Wildman–Crippen LogP) is 1.65. The summed E-state index contributed by atoms with van der Waals surface area (Å²) in [6, 6.07) is 0.550. The Morgan fingerprint density at radius 2 is 2.00 bits per heavy atom. The monoisotopic (exact) mass is 197 g/mol. The molecule has 1 rings (SSSR count). The van der Waals surface area contributed by atoms with Gasteiger partial charge in [-0.2, -0.15) is 0 Å². The van der Waals surface area contributed by atoms with Crippen molar-refractivity contribution in [3.05, 3.63) is 0 Å². The maximum absolute atomic E-state index is 4.58. The number of hydrogen-bond acceptors (Lipinski definition) is 3. The fourth-order valence-corrected chi connectivity index (χ4v) is 1.72. The van der Waals surface area contributed by atoms with Crippen LogP contribution in [0.25, 0.3) is 0 Å². The third-order valence-electron chi connectivity index (χ3n) is 3.14. The fraction of sp³-hybridized carbons (Fsp3) is 0.909. The van der Waals surface area contributed by atoms with E-state index in [9.17, 15) is 0 Å². The summed E-state index contributed by atoms with van der Waals surface area (Å²) >= 11 is 0. The molecule has 0 radical (unpaired) electrons. The van der Waals surface area contributed by atoms with E-state index in [0.29, 0.717) is 12.0 Å². The lowest BCUT2D eigenvalue weighted by Crippen LogP contribution is -2.48. The highest BCUT2D eigenvalue weighted by molar-refractivity contribution is 5.80. The van der Waals surface area contributed by atoms with Crippen LogP contribution < -0.4 is 0 Å². The molecule has 0 bridgehead atoms. The maximum atomic E-state index is 4.58. The van der Waals surface area contributed by atoms with Gasteiger partial charge >= 0.3 is 0 Å². The van der Waals surface area contributed by atoms with Crippen LogP contribution >= 0.6 is 0 Å². The van der Waals surface area contributed by atoms with E-state index < -0.39 is 0 Å². The lowest BCUT2D eigenvalue weighted by atomic mass is 10.1. The van der Waals surface area contributed by atoms with Gasteiger partial charge in [0.2, 0.25) is 0 Å². The Bertz CT molecular complexity index is 211. The van der Waals surface area contributed by atoms with E-state index in [-0.39, 0.29) is 0 Å². The highest BCUT2D eigenvalue weighted by atomic mass is 15.4. The van der Waals surface area contributed by atoms with Crippen LogP contribution in [0.4, 0.5) is 0 Å². The molecule has 0 aromatic heterocycles. The van der Waals surface area contributed by atoms with Crippen LogP contribution in [0.5, 0.6) is 0 Å². The smallest absolute Gasteiger partial charge is 0.196 e. The van der Waals surface area contributed by atoms with E-state index in [1.807, 2.05) is 0 Å². The standard InChI is InChI=1S/C11H23N3/c1-9(2)10(3)14(5)11-12-7-6-8-13(11)4/h9-10H,6-8H2,1-5H3. The summed E-state index contributed by atoms with van der Waals surface area (Å²) in [6.07, 6.45) is 1.18. The normalized spacial score (nSPS) is 19.6. The number of hydrogen-bond donors (Lipinski definition) is 0. The quantitative estimate of drug-likeness (QED) is 0.670. The Labute approximate surface area is 87.8 Å². The zero-order valence-electron chi connectivity index (χ0n) is 10.1. The molecule has 0 aromatic rings. The first kappa shape index (κ1) is 11.3. The van der Waals surface area contributed by atoms with E-state index in [4.69, 9.17) is 0 Å². The average Bonchev–Trinajstić information content (AvgIpc) is 2.16. The first-order valence-electron chi connectivity index (χ1n) is 5.52. The molecular weight excluding hydrogens is 174 g/mol. The van der Waals surface area contributed by atoms with Crippen LogP contribution in [0.2, 0.25) is 0 Å². The second-order valence-corrected chi connectivity index (χ2v) is 4.55. The first-order valence-corrected chi connectivity index (χ1v) is 5.52. The number of aliphatic imine (C=N–C) groups is 1. The lowest BCUT2D eigenvalue weighted by Gasteiger charge is -2.37. The molecule has 14 heavy (non-hydrogen) atoms. The molecule has 0 aromatic carbocycles. The Hall–Kier alpha value is -0.730. The van der Waals surface area contributed by atoms with Crippen molar-refractivity contribution in [2.75, 3.05) is 27.2 Å². The zero-order chi connectivity index (χ0) is 10.7. The first-order chi connectivity index (χ1) is 6.54. The summed E-state index contributed by atoms with van der Waals surface area (Å²) in [5, 5.41) is 0. The molecule has 0 spiro atoms. The van der Waals surface area contributed by atoms with E-state index in [1.54, 1.807) is 0 Å². The van der Waals surface area contributed by atoms with Gasteiger partial charge in [0.05, 0.1) is 0 Å². The maximum Gasteiger partial charge on any atom is 0.196 e. The van der Waals surface area contributed by atoms with Gasteiger partial charge in [-0.25, -0.2) is 0 Å². The second-order valence-electron chi connectivity index (χ2n) is 4.55. The van der Waals surface area contributed by atoms with Crippen LogP contribution in [-0.2, 0) is 0 Å². The van der Waals surface area contributed by atoms with Gasteiger partial charge in [0, 0.05) is 33.2 Å². The molecule has 0 fully saturated rings. The van der Waals surface area contributed by atoms with E-state index in [0.717, 1.165) is 19.0 Å². The van der Waals surface area contributed by atoms with Crippen molar-refractivity contribution < 1.29 is 0 Å². The molecule has 1 heterocycles. The van der Waals surface area contributed by atoms with Crippen molar-refractivity contribution in [1.29, 1.82) is 0 Å². The molecule has 0 amide bonds. The summed E-state index contributed by atoms with van der Waals surface area (Å²) in [4.78, 5) is 9.13. The Morgan fingerprint density at radius 1 is 1.36 bits per heavy atom. The number of rotatable bonds is 2. The van der Waals surface area contributed by atoms with Crippen molar-refractivity contribution >= 4 is 5.96 Å². The van der Waals surface area contributed by atoms with Gasteiger partial charge in [0.25, 0.3) is 0 Å². The third kappa shape index (κ3) is 2.40. The summed E-state index contributed by atoms with van der Waals surface area (Å²) in [6.45, 7) is 8.88. The van der Waals surface area contributed by atoms with E-state index in [1.165, 1.54) is 6.42 Å². The Morgan fingerprint density at radius 3 is 2.50 bits per heavy atom. The molecule has 3 nitrogen and oxygen atoms in total. The summed E-state index contributed by atoms with van der Waals surface area (Å²) in [5.41, 5.74) is 0. The van der Waals surface area contributed by atoms with Crippen LogP contribution in [-0.4, -0.2) is 49.0 Å². The highest BCUT2D eigenvalue weighted by Gasteiger charge is 2.21.